The first-order valence-electron chi connectivity index (χ1n) is 9.56. The van der Waals surface area contributed by atoms with Crippen molar-refractivity contribution in [3.05, 3.63) is 70.9 Å². The minimum Gasteiger partial charge on any atom is -0.490 e. The molecule has 156 valence electrons. The van der Waals surface area contributed by atoms with E-state index in [0.717, 1.165) is 11.6 Å². The molecule has 2 heterocycles. The Morgan fingerprint density at radius 1 is 1.17 bits per heavy atom. The second-order valence-corrected chi connectivity index (χ2v) is 7.07. The van der Waals surface area contributed by atoms with E-state index >= 15 is 0 Å². The molecular weight excluding hydrogens is 395 g/mol. The summed E-state index contributed by atoms with van der Waals surface area (Å²) in [5.41, 5.74) is 2.96. The fourth-order valence-corrected chi connectivity index (χ4v) is 3.83. The van der Waals surface area contributed by atoms with E-state index in [1.54, 1.807) is 40.9 Å². The molecule has 30 heavy (non-hydrogen) atoms. The highest BCUT2D eigenvalue weighted by Gasteiger charge is 2.29. The smallest absolute Gasteiger partial charge is 0.257 e. The van der Waals surface area contributed by atoms with Crippen LogP contribution >= 0.6 is 0 Å². The minimum absolute atomic E-state index is 0.123. The normalized spacial score (nSPS) is 13.3. The maximum atomic E-state index is 13.7. The lowest BCUT2D eigenvalue weighted by Gasteiger charge is -2.27. The number of carbonyl (C=O) groups is 1. The summed E-state index contributed by atoms with van der Waals surface area (Å²) in [5.74, 6) is -1.21. The number of aromatic nitrogens is 2. The first-order valence-corrected chi connectivity index (χ1v) is 9.56. The number of carbonyl (C=O) groups excluding carboxylic acids is 1. The molecule has 0 aliphatic carbocycles. The van der Waals surface area contributed by atoms with Crippen LogP contribution in [-0.4, -0.2) is 40.4 Å². The Labute approximate surface area is 171 Å². The highest BCUT2D eigenvalue weighted by molar-refractivity contribution is 5.97. The Kier molecular flexibility index (Phi) is 5.48. The lowest BCUT2D eigenvalue weighted by molar-refractivity contribution is 0.0727. The van der Waals surface area contributed by atoms with Gasteiger partial charge in [-0.15, -0.1) is 0 Å². The summed E-state index contributed by atoms with van der Waals surface area (Å²) in [5, 5.41) is 4.48. The highest BCUT2D eigenvalue weighted by atomic mass is 19.1. The van der Waals surface area contributed by atoms with Crippen molar-refractivity contribution >= 4 is 5.91 Å². The average Bonchev–Trinajstić information content (AvgIpc) is 3.06. The number of para-hydroxylation sites is 1. The standard InChI is InChI=1S/C22H20F3N3O2/c1-27-21(14-10-15(24)12-16(25)11-14)17-6-8-28(13-19(17)26-27)22(29)18-4-2-3-5-20(18)30-9-7-23/h2-5,10-12H,6-9,13H2,1H3. The van der Waals surface area contributed by atoms with Gasteiger partial charge in [0.25, 0.3) is 5.91 Å². The van der Waals surface area contributed by atoms with Crippen LogP contribution < -0.4 is 4.74 Å². The van der Waals surface area contributed by atoms with Crippen molar-refractivity contribution in [3.8, 4) is 17.0 Å². The van der Waals surface area contributed by atoms with Gasteiger partial charge in [0.2, 0.25) is 0 Å². The van der Waals surface area contributed by atoms with Crippen LogP contribution in [-0.2, 0) is 20.0 Å². The number of aryl methyl sites for hydroxylation is 1. The molecule has 8 heteroatoms. The maximum absolute atomic E-state index is 13.7. The van der Waals surface area contributed by atoms with Crippen molar-refractivity contribution in [2.24, 2.45) is 7.05 Å². The molecule has 0 saturated heterocycles. The van der Waals surface area contributed by atoms with Crippen LogP contribution in [0.15, 0.2) is 42.5 Å². The summed E-state index contributed by atoms with van der Waals surface area (Å²) in [6, 6.07) is 10.1. The van der Waals surface area contributed by atoms with E-state index in [1.807, 2.05) is 0 Å². The van der Waals surface area contributed by atoms with Gasteiger partial charge >= 0.3 is 0 Å². The third-order valence-electron chi connectivity index (χ3n) is 5.08. The monoisotopic (exact) mass is 415 g/mol. The average molecular weight is 415 g/mol. The SMILES string of the molecule is Cn1nc2c(c1-c1cc(F)cc(F)c1)CCN(C(=O)c1ccccc1OCCF)C2. The number of benzene rings is 2. The number of fused-ring (bicyclic) bond motifs is 1. The molecule has 0 bridgehead atoms. The van der Waals surface area contributed by atoms with Crippen LogP contribution in [0.1, 0.15) is 21.6 Å². The largest absolute Gasteiger partial charge is 0.490 e. The second kappa shape index (κ2) is 8.22. The highest BCUT2D eigenvalue weighted by Crippen LogP contribution is 2.32. The van der Waals surface area contributed by atoms with Gasteiger partial charge in [0.15, 0.2) is 0 Å². The molecule has 1 amide bonds. The van der Waals surface area contributed by atoms with Crippen molar-refractivity contribution in [2.45, 2.75) is 13.0 Å². The zero-order valence-corrected chi connectivity index (χ0v) is 16.4. The fraction of sp³-hybridized carbons (Fsp3) is 0.273. The molecule has 0 unspecified atom stereocenters. The third-order valence-corrected chi connectivity index (χ3v) is 5.08. The zero-order chi connectivity index (χ0) is 21.3. The number of ether oxygens (including phenoxy) is 1. The van der Waals surface area contributed by atoms with E-state index in [1.165, 1.54) is 12.1 Å². The van der Waals surface area contributed by atoms with Crippen LogP contribution in [0.3, 0.4) is 0 Å². The Hall–Kier alpha value is -3.29. The number of alkyl halides is 1. The molecule has 3 aromatic rings. The first-order chi connectivity index (χ1) is 14.5. The van der Waals surface area contributed by atoms with Gasteiger partial charge in [0.1, 0.15) is 30.7 Å². The number of amides is 1. The van der Waals surface area contributed by atoms with Crippen molar-refractivity contribution in [1.29, 1.82) is 0 Å². The van der Waals surface area contributed by atoms with Crippen molar-refractivity contribution in [3.63, 3.8) is 0 Å². The Balaban J connectivity index is 1.62. The second-order valence-electron chi connectivity index (χ2n) is 7.07. The molecule has 2 aromatic carbocycles. The number of hydrogen-bond acceptors (Lipinski definition) is 3. The van der Waals surface area contributed by atoms with Crippen molar-refractivity contribution in [2.75, 3.05) is 19.8 Å². The fourth-order valence-electron chi connectivity index (χ4n) is 3.83. The summed E-state index contributed by atoms with van der Waals surface area (Å²) in [4.78, 5) is 14.7. The predicted molar refractivity (Wildman–Crippen MR) is 105 cm³/mol. The summed E-state index contributed by atoms with van der Waals surface area (Å²) < 4.78 is 46.8. The number of rotatable bonds is 5. The molecule has 0 fully saturated rings. The Bertz CT molecular complexity index is 1080. The molecule has 1 aliphatic heterocycles. The van der Waals surface area contributed by atoms with Crippen LogP contribution in [0.25, 0.3) is 11.3 Å². The van der Waals surface area contributed by atoms with Crippen LogP contribution in [0.4, 0.5) is 13.2 Å². The summed E-state index contributed by atoms with van der Waals surface area (Å²) in [6.45, 7) is -0.0910. The van der Waals surface area contributed by atoms with Crippen molar-refractivity contribution in [1.82, 2.24) is 14.7 Å². The maximum Gasteiger partial charge on any atom is 0.257 e. The Morgan fingerprint density at radius 3 is 2.63 bits per heavy atom. The van der Waals surface area contributed by atoms with E-state index in [0.29, 0.717) is 41.2 Å². The summed E-state index contributed by atoms with van der Waals surface area (Å²) in [7, 11) is 1.71. The molecule has 1 aliphatic rings. The van der Waals surface area contributed by atoms with Crippen molar-refractivity contribution < 1.29 is 22.7 Å². The van der Waals surface area contributed by atoms with Gasteiger partial charge < -0.3 is 9.64 Å². The van der Waals surface area contributed by atoms with E-state index in [4.69, 9.17) is 4.74 Å². The van der Waals surface area contributed by atoms with Gasteiger partial charge in [-0.25, -0.2) is 13.2 Å². The predicted octanol–water partition coefficient (Wildman–Crippen LogP) is 3.91. The van der Waals surface area contributed by atoms with E-state index < -0.39 is 18.3 Å². The van der Waals surface area contributed by atoms with Gasteiger partial charge in [0, 0.05) is 30.8 Å². The van der Waals surface area contributed by atoms with Crippen LogP contribution in [0.2, 0.25) is 0 Å². The molecule has 0 radical (unpaired) electrons. The van der Waals surface area contributed by atoms with Gasteiger partial charge in [-0.1, -0.05) is 12.1 Å². The molecule has 1 aromatic heterocycles. The molecule has 0 atom stereocenters. The molecular formula is C22H20F3N3O2. The van der Waals surface area contributed by atoms with E-state index in [9.17, 15) is 18.0 Å². The molecule has 0 saturated carbocycles. The summed E-state index contributed by atoms with van der Waals surface area (Å²) >= 11 is 0. The van der Waals surface area contributed by atoms with Gasteiger partial charge in [-0.3, -0.25) is 9.48 Å². The van der Waals surface area contributed by atoms with Gasteiger partial charge in [-0.05, 0) is 30.7 Å². The number of nitrogens with zero attached hydrogens (tertiary/aromatic N) is 3. The number of halogens is 3. The molecule has 0 spiro atoms. The molecule has 0 N–H and O–H groups in total. The molecule has 4 rings (SSSR count). The summed E-state index contributed by atoms with van der Waals surface area (Å²) in [6.07, 6.45) is 0.496. The lowest BCUT2D eigenvalue weighted by atomic mass is 9.99. The molecule has 5 nitrogen and oxygen atoms in total. The quantitative estimate of drug-likeness (QED) is 0.635. The van der Waals surface area contributed by atoms with Gasteiger partial charge in [-0.2, -0.15) is 5.10 Å². The zero-order valence-electron chi connectivity index (χ0n) is 16.4. The van der Waals surface area contributed by atoms with Crippen LogP contribution in [0, 0.1) is 11.6 Å². The lowest BCUT2D eigenvalue weighted by Crippen LogP contribution is -2.36. The third kappa shape index (κ3) is 3.77. The van der Waals surface area contributed by atoms with E-state index in [-0.39, 0.29) is 19.1 Å². The minimum atomic E-state index is -0.655. The Morgan fingerprint density at radius 2 is 1.90 bits per heavy atom. The van der Waals surface area contributed by atoms with Crippen LogP contribution in [0.5, 0.6) is 5.75 Å². The van der Waals surface area contributed by atoms with E-state index in [2.05, 4.69) is 5.10 Å². The number of hydrogen-bond donors (Lipinski definition) is 0. The van der Waals surface area contributed by atoms with Gasteiger partial charge in [0.05, 0.1) is 23.5 Å². The first kappa shape index (κ1) is 20.0. The topological polar surface area (TPSA) is 47.4 Å².